The summed E-state index contributed by atoms with van der Waals surface area (Å²) in [5.41, 5.74) is 8.23. The molecule has 1 fully saturated rings. The summed E-state index contributed by atoms with van der Waals surface area (Å²) >= 11 is 0. The summed E-state index contributed by atoms with van der Waals surface area (Å²) in [5.74, 6) is 1.31. The molecule has 2 heterocycles. The zero-order valence-corrected chi connectivity index (χ0v) is 15.3. The number of amides is 1. The highest BCUT2D eigenvalue weighted by atomic mass is 35.5. The average Bonchev–Trinajstić information content (AvgIpc) is 2.91. The Morgan fingerprint density at radius 2 is 2.00 bits per heavy atom. The van der Waals surface area contributed by atoms with Gasteiger partial charge in [-0.05, 0) is 38.8 Å². The van der Waals surface area contributed by atoms with Crippen LogP contribution in [0.5, 0.6) is 5.75 Å². The Morgan fingerprint density at radius 3 is 2.64 bits per heavy atom. The number of piperidine rings is 1. The number of ether oxygens (including phenoxy) is 1. The summed E-state index contributed by atoms with van der Waals surface area (Å²) in [4.78, 5) is 14.6. The molecule has 1 aromatic heterocycles. The predicted octanol–water partition coefficient (Wildman–Crippen LogP) is 2.86. The molecule has 0 spiro atoms. The molecule has 0 aliphatic carbocycles. The van der Waals surface area contributed by atoms with Gasteiger partial charge >= 0.3 is 0 Å². The van der Waals surface area contributed by atoms with Crippen LogP contribution in [0.4, 0.5) is 0 Å². The minimum absolute atomic E-state index is 0. The van der Waals surface area contributed by atoms with Gasteiger partial charge in [0, 0.05) is 19.1 Å². The Hall–Kier alpha value is -2.05. The number of para-hydroxylation sites is 1. The Labute approximate surface area is 153 Å². The number of carbonyl (C=O) groups is 1. The molecule has 136 valence electrons. The van der Waals surface area contributed by atoms with Crippen LogP contribution in [0.25, 0.3) is 0 Å². The number of rotatable bonds is 4. The molecule has 0 atom stereocenters. The van der Waals surface area contributed by atoms with Crippen LogP contribution in [-0.4, -0.2) is 35.1 Å². The van der Waals surface area contributed by atoms with Gasteiger partial charge in [0.1, 0.15) is 18.1 Å². The first-order chi connectivity index (χ1) is 11.6. The van der Waals surface area contributed by atoms with Crippen LogP contribution < -0.4 is 10.5 Å². The van der Waals surface area contributed by atoms with E-state index in [2.05, 4.69) is 5.16 Å². The largest absolute Gasteiger partial charge is 0.488 e. The third-order valence-electron chi connectivity index (χ3n) is 4.50. The molecule has 25 heavy (non-hydrogen) atoms. The van der Waals surface area contributed by atoms with Crippen LogP contribution in [0.1, 0.15) is 40.2 Å². The van der Waals surface area contributed by atoms with Crippen molar-refractivity contribution in [3.05, 3.63) is 46.8 Å². The van der Waals surface area contributed by atoms with Crippen molar-refractivity contribution in [1.29, 1.82) is 0 Å². The molecule has 0 saturated carbocycles. The molecule has 1 saturated heterocycles. The molecule has 0 bridgehead atoms. The van der Waals surface area contributed by atoms with E-state index in [9.17, 15) is 4.79 Å². The Kier molecular flexibility index (Phi) is 6.45. The first-order valence-corrected chi connectivity index (χ1v) is 8.24. The number of aryl methyl sites for hydroxylation is 2. The van der Waals surface area contributed by atoms with Gasteiger partial charge < -0.3 is 19.9 Å². The van der Waals surface area contributed by atoms with E-state index < -0.39 is 0 Å². The molecule has 2 aromatic rings. The van der Waals surface area contributed by atoms with Crippen LogP contribution in [0, 0.1) is 13.8 Å². The smallest absolute Gasteiger partial charge is 0.257 e. The van der Waals surface area contributed by atoms with Gasteiger partial charge in [-0.1, -0.05) is 17.3 Å². The molecule has 1 amide bonds. The number of carbonyl (C=O) groups excluding carboxylic acids is 1. The fourth-order valence-corrected chi connectivity index (χ4v) is 2.90. The maximum absolute atomic E-state index is 12.8. The minimum atomic E-state index is -0.00346. The van der Waals surface area contributed by atoms with Crippen molar-refractivity contribution in [2.45, 2.75) is 39.3 Å². The molecule has 1 aromatic carbocycles. The standard InChI is InChI=1S/C18H23N3O3.ClH/c1-12-16(13(2)24-20-12)11-23-17-6-4-3-5-15(17)18(22)21-9-7-14(19)8-10-21;/h3-6,14H,7-11,19H2,1-2H3;1H. The molecule has 1 aliphatic rings. The summed E-state index contributed by atoms with van der Waals surface area (Å²) in [6.45, 7) is 5.45. The summed E-state index contributed by atoms with van der Waals surface area (Å²) in [6, 6.07) is 7.54. The number of likely N-dealkylation sites (tertiary alicyclic amines) is 1. The van der Waals surface area contributed by atoms with Crippen LogP contribution in [-0.2, 0) is 6.61 Å². The normalized spacial score (nSPS) is 14.9. The Balaban J connectivity index is 0.00000225. The van der Waals surface area contributed by atoms with E-state index in [0.717, 1.165) is 29.9 Å². The van der Waals surface area contributed by atoms with E-state index in [1.54, 1.807) is 6.07 Å². The maximum atomic E-state index is 12.8. The van der Waals surface area contributed by atoms with Gasteiger partial charge in [0.25, 0.3) is 5.91 Å². The lowest BCUT2D eigenvalue weighted by Crippen LogP contribution is -2.42. The van der Waals surface area contributed by atoms with Gasteiger partial charge in [-0.25, -0.2) is 0 Å². The molecular formula is C18H24ClN3O3. The third kappa shape index (κ3) is 4.32. The predicted molar refractivity (Wildman–Crippen MR) is 97.1 cm³/mol. The summed E-state index contributed by atoms with van der Waals surface area (Å²) in [7, 11) is 0. The fourth-order valence-electron chi connectivity index (χ4n) is 2.90. The van der Waals surface area contributed by atoms with Crippen LogP contribution in [0.3, 0.4) is 0 Å². The van der Waals surface area contributed by atoms with Crippen molar-refractivity contribution in [3.63, 3.8) is 0 Å². The molecule has 7 heteroatoms. The summed E-state index contributed by atoms with van der Waals surface area (Å²) in [5, 5.41) is 3.92. The van der Waals surface area contributed by atoms with Crippen molar-refractivity contribution in [2.24, 2.45) is 5.73 Å². The maximum Gasteiger partial charge on any atom is 0.257 e. The van der Waals surface area contributed by atoms with Gasteiger partial charge in [-0.2, -0.15) is 0 Å². The van der Waals surface area contributed by atoms with E-state index in [-0.39, 0.29) is 24.4 Å². The molecule has 0 unspecified atom stereocenters. The minimum Gasteiger partial charge on any atom is -0.488 e. The van der Waals surface area contributed by atoms with Gasteiger partial charge in [0.2, 0.25) is 0 Å². The second-order valence-electron chi connectivity index (χ2n) is 6.22. The topological polar surface area (TPSA) is 81.6 Å². The molecular weight excluding hydrogens is 342 g/mol. The van der Waals surface area contributed by atoms with E-state index in [0.29, 0.717) is 31.0 Å². The van der Waals surface area contributed by atoms with E-state index in [4.69, 9.17) is 15.0 Å². The summed E-state index contributed by atoms with van der Waals surface area (Å²) < 4.78 is 11.1. The Morgan fingerprint density at radius 1 is 1.32 bits per heavy atom. The van der Waals surface area contributed by atoms with E-state index in [1.807, 2.05) is 36.9 Å². The lowest BCUT2D eigenvalue weighted by molar-refractivity contribution is 0.0710. The number of hydrogen-bond donors (Lipinski definition) is 1. The van der Waals surface area contributed by atoms with Crippen LogP contribution >= 0.6 is 12.4 Å². The van der Waals surface area contributed by atoms with Crippen molar-refractivity contribution in [3.8, 4) is 5.75 Å². The van der Waals surface area contributed by atoms with E-state index >= 15 is 0 Å². The lowest BCUT2D eigenvalue weighted by Gasteiger charge is -2.30. The van der Waals surface area contributed by atoms with E-state index in [1.165, 1.54) is 0 Å². The van der Waals surface area contributed by atoms with Crippen molar-refractivity contribution >= 4 is 18.3 Å². The van der Waals surface area contributed by atoms with Crippen molar-refractivity contribution in [2.75, 3.05) is 13.1 Å². The van der Waals surface area contributed by atoms with Crippen LogP contribution in [0.15, 0.2) is 28.8 Å². The molecule has 3 rings (SSSR count). The average molecular weight is 366 g/mol. The fraction of sp³-hybridized carbons (Fsp3) is 0.444. The first kappa shape index (κ1) is 19.3. The number of aromatic nitrogens is 1. The lowest BCUT2D eigenvalue weighted by atomic mass is 10.0. The van der Waals surface area contributed by atoms with Crippen molar-refractivity contribution < 1.29 is 14.1 Å². The van der Waals surface area contributed by atoms with Crippen LogP contribution in [0.2, 0.25) is 0 Å². The molecule has 1 aliphatic heterocycles. The number of hydrogen-bond acceptors (Lipinski definition) is 5. The Bertz CT molecular complexity index is 705. The first-order valence-electron chi connectivity index (χ1n) is 8.24. The molecule has 2 N–H and O–H groups in total. The zero-order chi connectivity index (χ0) is 17.1. The SMILES string of the molecule is Cc1noc(C)c1COc1ccccc1C(=O)N1CCC(N)CC1.Cl. The highest BCUT2D eigenvalue weighted by Crippen LogP contribution is 2.24. The number of nitrogens with zero attached hydrogens (tertiary/aromatic N) is 2. The highest BCUT2D eigenvalue weighted by Gasteiger charge is 2.24. The quantitative estimate of drug-likeness (QED) is 0.900. The second-order valence-corrected chi connectivity index (χ2v) is 6.22. The van der Waals surface area contributed by atoms with Gasteiger partial charge in [-0.3, -0.25) is 4.79 Å². The monoisotopic (exact) mass is 365 g/mol. The summed E-state index contributed by atoms with van der Waals surface area (Å²) in [6.07, 6.45) is 1.68. The zero-order valence-electron chi connectivity index (χ0n) is 14.5. The van der Waals surface area contributed by atoms with Gasteiger partial charge in [0.05, 0.1) is 16.8 Å². The number of nitrogens with two attached hydrogens (primary N) is 1. The number of halogens is 1. The number of benzene rings is 1. The third-order valence-corrected chi connectivity index (χ3v) is 4.50. The van der Waals surface area contributed by atoms with Crippen molar-refractivity contribution in [1.82, 2.24) is 10.1 Å². The second kappa shape index (κ2) is 8.36. The molecule has 0 radical (unpaired) electrons. The van der Waals surface area contributed by atoms with Gasteiger partial charge in [0.15, 0.2) is 0 Å². The molecule has 6 nitrogen and oxygen atoms in total. The highest BCUT2D eigenvalue weighted by molar-refractivity contribution is 5.97. The van der Waals surface area contributed by atoms with Gasteiger partial charge in [-0.15, -0.1) is 12.4 Å².